The Hall–Kier alpha value is -1.85. The van der Waals surface area contributed by atoms with Crippen molar-refractivity contribution in [2.24, 2.45) is 0 Å². The van der Waals surface area contributed by atoms with Crippen LogP contribution in [0.5, 0.6) is 5.75 Å². The first-order chi connectivity index (χ1) is 13.2. The molecular weight excluding hydrogens is 338 g/mol. The van der Waals surface area contributed by atoms with Gasteiger partial charge in [-0.3, -0.25) is 4.90 Å². The molecule has 1 saturated carbocycles. The molecule has 27 heavy (non-hydrogen) atoms. The van der Waals surface area contributed by atoms with E-state index in [9.17, 15) is 5.11 Å². The van der Waals surface area contributed by atoms with Gasteiger partial charge in [0, 0.05) is 41.9 Å². The van der Waals surface area contributed by atoms with Crippen LogP contribution in [0.25, 0.3) is 10.9 Å². The second-order valence-corrected chi connectivity index (χ2v) is 8.04. The number of nitrogens with zero attached hydrogens (tertiary/aromatic N) is 2. The maximum atomic E-state index is 10.3. The summed E-state index contributed by atoms with van der Waals surface area (Å²) in [5.41, 5.74) is 3.06. The number of methoxy groups -OCH3 is 1. The van der Waals surface area contributed by atoms with Crippen molar-refractivity contribution in [3.63, 3.8) is 0 Å². The predicted molar refractivity (Wildman–Crippen MR) is 110 cm³/mol. The zero-order chi connectivity index (χ0) is 18.8. The van der Waals surface area contributed by atoms with Gasteiger partial charge in [0.2, 0.25) is 0 Å². The minimum absolute atomic E-state index is 0.137. The highest BCUT2D eigenvalue weighted by Crippen LogP contribution is 2.32. The molecule has 2 heterocycles. The monoisotopic (exact) mass is 369 g/mol. The summed E-state index contributed by atoms with van der Waals surface area (Å²) in [4.78, 5) is 7.20. The Morgan fingerprint density at radius 1 is 1.15 bits per heavy atom. The number of rotatable bonds is 4. The zero-order valence-electron chi connectivity index (χ0n) is 16.4. The Morgan fingerprint density at radius 3 is 2.67 bits per heavy atom. The first-order valence-electron chi connectivity index (χ1n) is 10.3. The summed E-state index contributed by atoms with van der Waals surface area (Å²) in [6.07, 6.45) is 6.62. The molecule has 0 radical (unpaired) electrons. The van der Waals surface area contributed by atoms with Gasteiger partial charge >= 0.3 is 0 Å². The molecule has 2 aliphatic rings. The van der Waals surface area contributed by atoms with E-state index in [-0.39, 0.29) is 6.10 Å². The van der Waals surface area contributed by atoms with Crippen LogP contribution < -0.4 is 10.1 Å². The van der Waals surface area contributed by atoms with Crippen molar-refractivity contribution in [1.82, 2.24) is 9.88 Å². The number of hydrogen-bond donors (Lipinski definition) is 2. The maximum absolute atomic E-state index is 10.3. The standard InChI is InChI=1S/C22H31N3O2/c1-15-14-18(17-6-5-9-21(27-2)22(17)23-15)24-16-10-12-25(13-11-16)19-7-3-4-8-20(19)26/h5-6,9,14,16,19-20,26H,3-4,7-8,10-13H2,1-2H3,(H,23,24). The molecule has 2 unspecified atom stereocenters. The van der Waals surface area contributed by atoms with Gasteiger partial charge in [0.05, 0.1) is 13.2 Å². The molecule has 1 aromatic heterocycles. The first-order valence-corrected chi connectivity index (χ1v) is 10.3. The van der Waals surface area contributed by atoms with Crippen molar-refractivity contribution in [1.29, 1.82) is 0 Å². The van der Waals surface area contributed by atoms with Gasteiger partial charge in [0.25, 0.3) is 0 Å². The van der Waals surface area contributed by atoms with Gasteiger partial charge < -0.3 is 15.2 Å². The van der Waals surface area contributed by atoms with Crippen LogP contribution in [0.4, 0.5) is 5.69 Å². The van der Waals surface area contributed by atoms with Gasteiger partial charge in [-0.2, -0.15) is 0 Å². The summed E-state index contributed by atoms with van der Waals surface area (Å²) >= 11 is 0. The molecule has 2 fully saturated rings. The van der Waals surface area contributed by atoms with Crippen molar-refractivity contribution < 1.29 is 9.84 Å². The maximum Gasteiger partial charge on any atom is 0.145 e. The molecule has 0 spiro atoms. The number of hydrogen-bond acceptors (Lipinski definition) is 5. The summed E-state index contributed by atoms with van der Waals surface area (Å²) in [7, 11) is 1.70. The lowest BCUT2D eigenvalue weighted by molar-refractivity contribution is 0.00994. The number of fused-ring (bicyclic) bond motifs is 1. The number of pyridine rings is 1. The van der Waals surface area contributed by atoms with Crippen LogP contribution in [0.3, 0.4) is 0 Å². The van der Waals surface area contributed by atoms with E-state index in [1.165, 1.54) is 12.8 Å². The molecule has 5 nitrogen and oxygen atoms in total. The third kappa shape index (κ3) is 3.90. The number of ether oxygens (including phenoxy) is 1. The van der Waals surface area contributed by atoms with Gasteiger partial charge in [0.15, 0.2) is 0 Å². The molecule has 2 aromatic rings. The number of likely N-dealkylation sites (tertiary alicyclic amines) is 1. The molecule has 1 aliphatic heterocycles. The molecule has 2 N–H and O–H groups in total. The van der Waals surface area contributed by atoms with Crippen LogP contribution in [0.1, 0.15) is 44.2 Å². The smallest absolute Gasteiger partial charge is 0.145 e. The van der Waals surface area contributed by atoms with Crippen LogP contribution in [-0.2, 0) is 0 Å². The predicted octanol–water partition coefficient (Wildman–Crippen LogP) is 3.73. The van der Waals surface area contributed by atoms with Crippen molar-refractivity contribution in [2.75, 3.05) is 25.5 Å². The van der Waals surface area contributed by atoms with Crippen LogP contribution in [0, 0.1) is 6.92 Å². The second-order valence-electron chi connectivity index (χ2n) is 8.04. The molecular formula is C22H31N3O2. The van der Waals surface area contributed by atoms with Gasteiger partial charge in [-0.15, -0.1) is 0 Å². The van der Waals surface area contributed by atoms with Crippen molar-refractivity contribution >= 4 is 16.6 Å². The lowest BCUT2D eigenvalue weighted by Gasteiger charge is -2.41. The Balaban J connectivity index is 1.46. The fraction of sp³-hybridized carbons (Fsp3) is 0.591. The SMILES string of the molecule is COc1cccc2c(NC3CCN(C4CCCCC4O)CC3)cc(C)nc12. The van der Waals surface area contributed by atoms with E-state index in [1.807, 2.05) is 19.1 Å². The molecule has 146 valence electrons. The molecule has 0 amide bonds. The molecule has 1 aromatic carbocycles. The highest BCUT2D eigenvalue weighted by molar-refractivity contribution is 5.95. The summed E-state index contributed by atoms with van der Waals surface area (Å²) in [5, 5.41) is 15.2. The first kappa shape index (κ1) is 18.5. The normalized spacial score (nSPS) is 24.9. The minimum atomic E-state index is -0.137. The lowest BCUT2D eigenvalue weighted by atomic mass is 9.89. The van der Waals surface area contributed by atoms with Crippen molar-refractivity contribution in [2.45, 2.75) is 63.6 Å². The third-order valence-corrected chi connectivity index (χ3v) is 6.20. The highest BCUT2D eigenvalue weighted by atomic mass is 16.5. The number of aryl methyl sites for hydroxylation is 1. The summed E-state index contributed by atoms with van der Waals surface area (Å²) in [6, 6.07) is 9.06. The molecule has 1 aliphatic carbocycles. The van der Waals surface area contributed by atoms with E-state index < -0.39 is 0 Å². The largest absolute Gasteiger partial charge is 0.494 e. The topological polar surface area (TPSA) is 57.6 Å². The quantitative estimate of drug-likeness (QED) is 0.860. The zero-order valence-corrected chi connectivity index (χ0v) is 16.4. The molecule has 1 saturated heterocycles. The number of anilines is 1. The van der Waals surface area contributed by atoms with Gasteiger partial charge in [-0.1, -0.05) is 25.0 Å². The number of piperidine rings is 1. The number of nitrogens with one attached hydrogen (secondary N) is 1. The number of benzene rings is 1. The lowest BCUT2D eigenvalue weighted by Crippen LogP contribution is -2.50. The second kappa shape index (κ2) is 8.03. The van der Waals surface area contributed by atoms with E-state index in [1.54, 1.807) is 7.11 Å². The minimum Gasteiger partial charge on any atom is -0.494 e. The van der Waals surface area contributed by atoms with Crippen LogP contribution in [0.2, 0.25) is 0 Å². The van der Waals surface area contributed by atoms with E-state index in [0.29, 0.717) is 12.1 Å². The summed E-state index contributed by atoms with van der Waals surface area (Å²) in [5.74, 6) is 0.820. The average Bonchev–Trinajstić information content (AvgIpc) is 2.68. The number of aliphatic hydroxyl groups excluding tert-OH is 1. The molecule has 0 bridgehead atoms. The summed E-state index contributed by atoms with van der Waals surface area (Å²) < 4.78 is 5.50. The Labute approximate surface area is 161 Å². The van der Waals surface area contributed by atoms with E-state index in [4.69, 9.17) is 4.74 Å². The van der Waals surface area contributed by atoms with Crippen molar-refractivity contribution in [3.05, 3.63) is 30.0 Å². The van der Waals surface area contributed by atoms with E-state index in [0.717, 1.165) is 66.8 Å². The summed E-state index contributed by atoms with van der Waals surface area (Å²) in [6.45, 7) is 4.15. The van der Waals surface area contributed by atoms with Gasteiger partial charge in [-0.05, 0) is 44.7 Å². The highest BCUT2D eigenvalue weighted by Gasteiger charge is 2.31. The van der Waals surface area contributed by atoms with Crippen LogP contribution >= 0.6 is 0 Å². The Kier molecular flexibility index (Phi) is 5.50. The van der Waals surface area contributed by atoms with E-state index >= 15 is 0 Å². The molecule has 5 heteroatoms. The fourth-order valence-electron chi connectivity index (χ4n) is 4.75. The molecule has 4 rings (SSSR count). The van der Waals surface area contributed by atoms with Gasteiger partial charge in [0.1, 0.15) is 11.3 Å². The van der Waals surface area contributed by atoms with E-state index in [2.05, 4.69) is 27.3 Å². The average molecular weight is 370 g/mol. The Morgan fingerprint density at radius 2 is 1.93 bits per heavy atom. The van der Waals surface area contributed by atoms with Crippen molar-refractivity contribution in [3.8, 4) is 5.75 Å². The number of aliphatic hydroxyl groups is 1. The number of para-hydroxylation sites is 1. The van der Waals surface area contributed by atoms with Crippen LogP contribution in [0.15, 0.2) is 24.3 Å². The van der Waals surface area contributed by atoms with Crippen LogP contribution in [-0.4, -0.2) is 53.4 Å². The third-order valence-electron chi connectivity index (χ3n) is 6.20. The molecule has 2 atom stereocenters. The van der Waals surface area contributed by atoms with Gasteiger partial charge in [-0.25, -0.2) is 4.98 Å². The number of aromatic nitrogens is 1. The fourth-order valence-corrected chi connectivity index (χ4v) is 4.75. The Bertz CT molecular complexity index is 786.